The molecule has 4 nitrogen and oxygen atoms in total. The quantitative estimate of drug-likeness (QED) is 0.439. The number of nitrogens with two attached hydrogens (primary N) is 1. The molecule has 3 N–H and O–H groups in total. The first-order valence-electron chi connectivity index (χ1n) is 3.33. The molecule has 0 aromatic rings. The zero-order chi connectivity index (χ0) is 9.11. The van der Waals surface area contributed by atoms with E-state index in [1.807, 2.05) is 0 Å². The third-order valence-electron chi connectivity index (χ3n) is 0.529. The lowest BCUT2D eigenvalue weighted by Crippen LogP contribution is -2.11. The molecule has 0 aliphatic rings. The number of aliphatic hydroxyl groups is 1. The van der Waals surface area contributed by atoms with Gasteiger partial charge in [-0.2, -0.15) is 0 Å². The van der Waals surface area contributed by atoms with Crippen molar-refractivity contribution in [3.05, 3.63) is 12.7 Å². The Hall–Kier alpha value is -0.870. The summed E-state index contributed by atoms with van der Waals surface area (Å²) < 4.78 is 4.46. The van der Waals surface area contributed by atoms with Gasteiger partial charge in [0.2, 0.25) is 0 Å². The summed E-state index contributed by atoms with van der Waals surface area (Å²) in [6.45, 7) is 5.76. The highest BCUT2D eigenvalue weighted by Gasteiger charge is 1.89. The van der Waals surface area contributed by atoms with Crippen molar-refractivity contribution in [1.82, 2.24) is 0 Å². The highest BCUT2D eigenvalue weighted by molar-refractivity contribution is 5.81. The van der Waals surface area contributed by atoms with E-state index >= 15 is 0 Å². The Kier molecular flexibility index (Phi) is 13.8. The first-order chi connectivity index (χ1) is 5.22. The Morgan fingerprint density at radius 2 is 2.27 bits per heavy atom. The lowest BCUT2D eigenvalue weighted by Gasteiger charge is -1.94. The van der Waals surface area contributed by atoms with Crippen molar-refractivity contribution < 1.29 is 14.6 Å². The van der Waals surface area contributed by atoms with Crippen LogP contribution in [0.1, 0.15) is 6.92 Å². The average molecular weight is 161 g/mol. The van der Waals surface area contributed by atoms with Crippen LogP contribution in [-0.2, 0) is 9.53 Å². The van der Waals surface area contributed by atoms with E-state index in [-0.39, 0.29) is 13.2 Å². The molecule has 0 saturated heterocycles. The van der Waals surface area contributed by atoms with Gasteiger partial charge in [0, 0.05) is 19.2 Å². The maximum absolute atomic E-state index is 10.2. The van der Waals surface area contributed by atoms with Gasteiger partial charge in [0.25, 0.3) is 0 Å². The number of aliphatic hydroxyl groups excluding tert-OH is 1. The SMILES string of the molecule is C=CC(=O)OCCN.CCO. The molecule has 0 aliphatic heterocycles. The van der Waals surface area contributed by atoms with Gasteiger partial charge < -0.3 is 15.6 Å². The summed E-state index contributed by atoms with van der Waals surface area (Å²) >= 11 is 0. The normalized spacial score (nSPS) is 7.55. The molecule has 66 valence electrons. The number of esters is 1. The molecule has 0 fully saturated rings. The van der Waals surface area contributed by atoms with Gasteiger partial charge in [-0.05, 0) is 6.92 Å². The molecular formula is C7H15NO3. The second-order valence-corrected chi connectivity index (χ2v) is 1.48. The topological polar surface area (TPSA) is 72.5 Å². The fraction of sp³-hybridized carbons (Fsp3) is 0.571. The second kappa shape index (κ2) is 11.9. The van der Waals surface area contributed by atoms with E-state index in [0.29, 0.717) is 6.54 Å². The van der Waals surface area contributed by atoms with E-state index in [9.17, 15) is 4.79 Å². The minimum absolute atomic E-state index is 0.250. The van der Waals surface area contributed by atoms with Gasteiger partial charge in [0.05, 0.1) is 0 Å². The van der Waals surface area contributed by atoms with E-state index < -0.39 is 5.97 Å². The van der Waals surface area contributed by atoms with Crippen LogP contribution in [0.15, 0.2) is 12.7 Å². The van der Waals surface area contributed by atoms with Crippen LogP contribution in [0, 0.1) is 0 Å². The van der Waals surface area contributed by atoms with Crippen molar-refractivity contribution >= 4 is 5.97 Å². The smallest absolute Gasteiger partial charge is 0.330 e. The van der Waals surface area contributed by atoms with Gasteiger partial charge in [0.1, 0.15) is 6.61 Å². The zero-order valence-electron chi connectivity index (χ0n) is 6.75. The molecule has 0 aliphatic carbocycles. The number of carbonyl (C=O) groups is 1. The number of carbonyl (C=O) groups excluding carboxylic acids is 1. The molecule has 0 unspecified atom stereocenters. The number of hydrogen-bond donors (Lipinski definition) is 2. The molecule has 0 spiro atoms. The molecule has 0 bridgehead atoms. The first-order valence-corrected chi connectivity index (χ1v) is 3.33. The lowest BCUT2D eigenvalue weighted by molar-refractivity contribution is -0.137. The monoisotopic (exact) mass is 161 g/mol. The van der Waals surface area contributed by atoms with Gasteiger partial charge in [-0.1, -0.05) is 6.58 Å². The van der Waals surface area contributed by atoms with Crippen molar-refractivity contribution in [2.45, 2.75) is 6.92 Å². The highest BCUT2D eigenvalue weighted by Crippen LogP contribution is 1.74. The molecule has 0 saturated carbocycles. The van der Waals surface area contributed by atoms with Crippen LogP contribution < -0.4 is 5.73 Å². The fourth-order valence-electron chi connectivity index (χ4n) is 0.218. The fourth-order valence-corrected chi connectivity index (χ4v) is 0.218. The van der Waals surface area contributed by atoms with E-state index in [2.05, 4.69) is 11.3 Å². The van der Waals surface area contributed by atoms with Crippen LogP contribution in [-0.4, -0.2) is 30.8 Å². The molecule has 0 rings (SSSR count). The number of rotatable bonds is 3. The van der Waals surface area contributed by atoms with Crippen molar-refractivity contribution in [1.29, 1.82) is 0 Å². The largest absolute Gasteiger partial charge is 0.461 e. The van der Waals surface area contributed by atoms with Crippen LogP contribution in [0.3, 0.4) is 0 Å². The summed E-state index contributed by atoms with van der Waals surface area (Å²) in [4.78, 5) is 10.2. The van der Waals surface area contributed by atoms with E-state index in [4.69, 9.17) is 10.8 Å². The molecule has 0 heterocycles. The standard InChI is InChI=1S/C5H9NO2.C2H6O/c1-2-5(7)8-4-3-6;1-2-3/h2H,1,3-4,6H2;3H,2H2,1H3. The summed E-state index contributed by atoms with van der Waals surface area (Å²) in [6.07, 6.45) is 1.11. The van der Waals surface area contributed by atoms with Gasteiger partial charge in [-0.3, -0.25) is 0 Å². The molecule has 0 amide bonds. The maximum atomic E-state index is 10.2. The van der Waals surface area contributed by atoms with Gasteiger partial charge in [-0.25, -0.2) is 4.79 Å². The molecule has 0 radical (unpaired) electrons. The van der Waals surface area contributed by atoms with Gasteiger partial charge in [0.15, 0.2) is 0 Å². The van der Waals surface area contributed by atoms with Crippen LogP contribution in [0.25, 0.3) is 0 Å². The summed E-state index contributed by atoms with van der Waals surface area (Å²) in [5.41, 5.74) is 5.02. The Balaban J connectivity index is 0. The highest BCUT2D eigenvalue weighted by atomic mass is 16.5. The third-order valence-corrected chi connectivity index (χ3v) is 0.529. The second-order valence-electron chi connectivity index (χ2n) is 1.48. The van der Waals surface area contributed by atoms with Gasteiger partial charge >= 0.3 is 5.97 Å². The lowest BCUT2D eigenvalue weighted by atomic mass is 10.6. The first kappa shape index (κ1) is 12.8. The molecular weight excluding hydrogens is 146 g/mol. The maximum Gasteiger partial charge on any atom is 0.330 e. The molecule has 11 heavy (non-hydrogen) atoms. The van der Waals surface area contributed by atoms with Crippen LogP contribution in [0.4, 0.5) is 0 Å². The zero-order valence-corrected chi connectivity index (χ0v) is 6.75. The minimum Gasteiger partial charge on any atom is -0.461 e. The molecule has 0 atom stereocenters. The van der Waals surface area contributed by atoms with Gasteiger partial charge in [-0.15, -0.1) is 0 Å². The van der Waals surface area contributed by atoms with Crippen LogP contribution in [0.5, 0.6) is 0 Å². The van der Waals surface area contributed by atoms with Crippen LogP contribution in [0.2, 0.25) is 0 Å². The molecule has 0 aromatic heterocycles. The Labute approximate surface area is 66.7 Å². The molecule has 4 heteroatoms. The third kappa shape index (κ3) is 17.6. The van der Waals surface area contributed by atoms with E-state index in [1.165, 1.54) is 0 Å². The van der Waals surface area contributed by atoms with E-state index in [0.717, 1.165) is 6.08 Å². The molecule has 0 aromatic carbocycles. The number of hydrogen-bond acceptors (Lipinski definition) is 4. The Morgan fingerprint density at radius 1 is 1.82 bits per heavy atom. The predicted octanol–water partition coefficient (Wildman–Crippen LogP) is -0.327. The van der Waals surface area contributed by atoms with Crippen LogP contribution >= 0.6 is 0 Å². The van der Waals surface area contributed by atoms with Crippen molar-refractivity contribution in [2.75, 3.05) is 19.8 Å². The summed E-state index contributed by atoms with van der Waals surface area (Å²) in [5, 5.41) is 7.57. The predicted molar refractivity (Wildman–Crippen MR) is 43.0 cm³/mol. The summed E-state index contributed by atoms with van der Waals surface area (Å²) in [6, 6.07) is 0. The number of ether oxygens (including phenoxy) is 1. The van der Waals surface area contributed by atoms with Crippen molar-refractivity contribution in [2.24, 2.45) is 5.73 Å². The van der Waals surface area contributed by atoms with Crippen molar-refractivity contribution in [3.63, 3.8) is 0 Å². The van der Waals surface area contributed by atoms with Crippen molar-refractivity contribution in [3.8, 4) is 0 Å². The Bertz CT molecular complexity index is 104. The minimum atomic E-state index is -0.421. The van der Waals surface area contributed by atoms with E-state index in [1.54, 1.807) is 6.92 Å². The summed E-state index contributed by atoms with van der Waals surface area (Å²) in [5.74, 6) is -0.421. The average Bonchev–Trinajstić information content (AvgIpc) is 2.02. The Morgan fingerprint density at radius 3 is 2.55 bits per heavy atom. The summed E-state index contributed by atoms with van der Waals surface area (Å²) in [7, 11) is 0.